The summed E-state index contributed by atoms with van der Waals surface area (Å²) in [6.45, 7) is 8.26. The monoisotopic (exact) mass is 339 g/mol. The van der Waals surface area contributed by atoms with Crippen molar-refractivity contribution in [2.24, 2.45) is 11.8 Å². The quantitative estimate of drug-likeness (QED) is 0.727. The summed E-state index contributed by atoms with van der Waals surface area (Å²) >= 11 is 3.67. The average Bonchev–Trinajstić information content (AvgIpc) is 3.21. The second-order valence-electron chi connectivity index (χ2n) is 6.25. The lowest BCUT2D eigenvalue weighted by Gasteiger charge is -2.20. The molecule has 1 aromatic rings. The van der Waals surface area contributed by atoms with Crippen LogP contribution < -0.4 is 5.32 Å². The van der Waals surface area contributed by atoms with Crippen LogP contribution in [0.1, 0.15) is 38.2 Å². The molecule has 0 radical (unpaired) electrons. The van der Waals surface area contributed by atoms with Crippen molar-refractivity contribution in [1.29, 1.82) is 0 Å². The van der Waals surface area contributed by atoms with Gasteiger partial charge in [0.1, 0.15) is 0 Å². The standard InChI is InChI=1S/C17H26BrNO/c1-13(2)9-19-10-15(12-20-11-14-7-8-14)16-5-3-4-6-17(16)18/h3-6,13-15,19H,7-12H2,1-2H3. The van der Waals surface area contributed by atoms with Crippen molar-refractivity contribution in [3.63, 3.8) is 0 Å². The van der Waals surface area contributed by atoms with Crippen molar-refractivity contribution in [2.45, 2.75) is 32.6 Å². The third-order valence-electron chi connectivity index (χ3n) is 3.66. The minimum atomic E-state index is 0.420. The molecule has 0 heterocycles. The fraction of sp³-hybridized carbons (Fsp3) is 0.647. The summed E-state index contributed by atoms with van der Waals surface area (Å²) in [6.07, 6.45) is 2.70. The van der Waals surface area contributed by atoms with Gasteiger partial charge in [-0.3, -0.25) is 0 Å². The summed E-state index contributed by atoms with van der Waals surface area (Å²) in [4.78, 5) is 0. The molecule has 0 aliphatic heterocycles. The highest BCUT2D eigenvalue weighted by molar-refractivity contribution is 9.10. The third kappa shape index (κ3) is 5.55. The van der Waals surface area contributed by atoms with Crippen molar-refractivity contribution in [2.75, 3.05) is 26.3 Å². The van der Waals surface area contributed by atoms with Gasteiger partial charge in [-0.15, -0.1) is 0 Å². The second-order valence-corrected chi connectivity index (χ2v) is 7.11. The number of halogens is 1. The molecule has 0 amide bonds. The summed E-state index contributed by atoms with van der Waals surface area (Å²) in [5.41, 5.74) is 1.35. The molecule has 112 valence electrons. The van der Waals surface area contributed by atoms with Gasteiger partial charge in [0.25, 0.3) is 0 Å². The molecule has 1 fully saturated rings. The highest BCUT2D eigenvalue weighted by Crippen LogP contribution is 2.30. The molecule has 3 heteroatoms. The molecule has 20 heavy (non-hydrogen) atoms. The van der Waals surface area contributed by atoms with Gasteiger partial charge in [0.15, 0.2) is 0 Å². The van der Waals surface area contributed by atoms with Crippen molar-refractivity contribution in [3.8, 4) is 0 Å². The van der Waals surface area contributed by atoms with Gasteiger partial charge in [0, 0.05) is 23.5 Å². The second kappa shape index (κ2) is 8.16. The molecule has 1 unspecified atom stereocenters. The number of benzene rings is 1. The van der Waals surface area contributed by atoms with Crippen LogP contribution in [0.15, 0.2) is 28.7 Å². The van der Waals surface area contributed by atoms with Crippen LogP contribution in [0.2, 0.25) is 0 Å². The smallest absolute Gasteiger partial charge is 0.0547 e. The van der Waals surface area contributed by atoms with E-state index in [1.807, 2.05) is 0 Å². The van der Waals surface area contributed by atoms with E-state index in [4.69, 9.17) is 4.74 Å². The van der Waals surface area contributed by atoms with E-state index in [2.05, 4.69) is 59.4 Å². The maximum atomic E-state index is 5.93. The SMILES string of the molecule is CC(C)CNCC(COCC1CC1)c1ccccc1Br. The lowest BCUT2D eigenvalue weighted by Crippen LogP contribution is -2.28. The predicted octanol–water partition coefficient (Wildman–Crippen LogP) is 4.20. The Kier molecular flexibility index (Phi) is 6.53. The Morgan fingerprint density at radius 3 is 2.65 bits per heavy atom. The maximum absolute atomic E-state index is 5.93. The van der Waals surface area contributed by atoms with Crippen molar-refractivity contribution in [3.05, 3.63) is 34.3 Å². The van der Waals surface area contributed by atoms with Crippen LogP contribution in [-0.4, -0.2) is 26.3 Å². The van der Waals surface area contributed by atoms with E-state index in [-0.39, 0.29) is 0 Å². The van der Waals surface area contributed by atoms with E-state index in [9.17, 15) is 0 Å². The van der Waals surface area contributed by atoms with Crippen LogP contribution in [0.4, 0.5) is 0 Å². The number of nitrogens with one attached hydrogen (secondary N) is 1. The summed E-state index contributed by atoms with van der Waals surface area (Å²) in [5, 5.41) is 3.56. The summed E-state index contributed by atoms with van der Waals surface area (Å²) in [5.74, 6) is 1.93. The summed E-state index contributed by atoms with van der Waals surface area (Å²) in [7, 11) is 0. The molecule has 0 saturated heterocycles. The Morgan fingerprint density at radius 1 is 1.25 bits per heavy atom. The molecule has 1 aliphatic rings. The lowest BCUT2D eigenvalue weighted by molar-refractivity contribution is 0.110. The van der Waals surface area contributed by atoms with E-state index >= 15 is 0 Å². The van der Waals surface area contributed by atoms with Gasteiger partial charge in [0.2, 0.25) is 0 Å². The molecule has 1 N–H and O–H groups in total. The van der Waals surface area contributed by atoms with E-state index < -0.39 is 0 Å². The zero-order valence-electron chi connectivity index (χ0n) is 12.6. The summed E-state index contributed by atoms with van der Waals surface area (Å²) < 4.78 is 7.11. The number of hydrogen-bond donors (Lipinski definition) is 1. The van der Waals surface area contributed by atoms with E-state index in [0.29, 0.717) is 11.8 Å². The fourth-order valence-electron chi connectivity index (χ4n) is 2.27. The Labute approximate surface area is 131 Å². The first-order chi connectivity index (χ1) is 9.66. The average molecular weight is 340 g/mol. The Bertz CT molecular complexity index is 396. The third-order valence-corrected chi connectivity index (χ3v) is 4.38. The van der Waals surface area contributed by atoms with Crippen LogP contribution in [-0.2, 0) is 4.74 Å². The van der Waals surface area contributed by atoms with E-state index in [1.165, 1.54) is 22.9 Å². The van der Waals surface area contributed by atoms with Gasteiger partial charge in [-0.25, -0.2) is 0 Å². The van der Waals surface area contributed by atoms with Crippen LogP contribution in [0, 0.1) is 11.8 Å². The molecule has 1 aliphatic carbocycles. The largest absolute Gasteiger partial charge is 0.380 e. The number of hydrogen-bond acceptors (Lipinski definition) is 2. The molecule has 0 spiro atoms. The Hall–Kier alpha value is -0.380. The lowest BCUT2D eigenvalue weighted by atomic mass is 9.99. The first-order valence-corrected chi connectivity index (χ1v) is 8.49. The highest BCUT2D eigenvalue weighted by Gasteiger charge is 2.22. The molecular weight excluding hydrogens is 314 g/mol. The fourth-order valence-corrected chi connectivity index (χ4v) is 2.88. The molecular formula is C17H26BrNO. The molecule has 2 nitrogen and oxygen atoms in total. The Morgan fingerprint density at radius 2 is 2.00 bits per heavy atom. The van der Waals surface area contributed by atoms with Gasteiger partial charge in [0.05, 0.1) is 6.61 Å². The van der Waals surface area contributed by atoms with Crippen LogP contribution >= 0.6 is 15.9 Å². The minimum Gasteiger partial charge on any atom is -0.380 e. The van der Waals surface area contributed by atoms with Crippen molar-refractivity contribution >= 4 is 15.9 Å². The van der Waals surface area contributed by atoms with Crippen molar-refractivity contribution < 1.29 is 4.74 Å². The van der Waals surface area contributed by atoms with E-state index in [1.54, 1.807) is 0 Å². The maximum Gasteiger partial charge on any atom is 0.0547 e. The Balaban J connectivity index is 1.89. The first kappa shape index (κ1) is 16.0. The van der Waals surface area contributed by atoms with Gasteiger partial charge >= 0.3 is 0 Å². The molecule has 1 atom stereocenters. The summed E-state index contributed by atoms with van der Waals surface area (Å²) in [6, 6.07) is 8.49. The van der Waals surface area contributed by atoms with Gasteiger partial charge in [-0.05, 0) is 42.9 Å². The van der Waals surface area contributed by atoms with Crippen LogP contribution in [0.5, 0.6) is 0 Å². The minimum absolute atomic E-state index is 0.420. The molecule has 0 aromatic heterocycles. The van der Waals surface area contributed by atoms with Crippen LogP contribution in [0.3, 0.4) is 0 Å². The molecule has 2 rings (SSSR count). The van der Waals surface area contributed by atoms with Gasteiger partial charge in [-0.2, -0.15) is 0 Å². The highest BCUT2D eigenvalue weighted by atomic mass is 79.9. The zero-order valence-corrected chi connectivity index (χ0v) is 14.2. The first-order valence-electron chi connectivity index (χ1n) is 7.69. The normalized spacial score (nSPS) is 16.6. The van der Waals surface area contributed by atoms with E-state index in [0.717, 1.165) is 32.2 Å². The topological polar surface area (TPSA) is 21.3 Å². The van der Waals surface area contributed by atoms with Crippen molar-refractivity contribution in [1.82, 2.24) is 5.32 Å². The van der Waals surface area contributed by atoms with Crippen LogP contribution in [0.25, 0.3) is 0 Å². The van der Waals surface area contributed by atoms with Gasteiger partial charge < -0.3 is 10.1 Å². The van der Waals surface area contributed by atoms with Gasteiger partial charge in [-0.1, -0.05) is 48.0 Å². The molecule has 1 saturated carbocycles. The molecule has 0 bridgehead atoms. The molecule has 1 aromatic carbocycles. The zero-order chi connectivity index (χ0) is 14.4. The number of rotatable bonds is 9. The number of ether oxygens (including phenoxy) is 1. The predicted molar refractivity (Wildman–Crippen MR) is 88.1 cm³/mol.